The molecule has 0 amide bonds. The Balaban J connectivity index is 1.63. The van der Waals surface area contributed by atoms with Crippen molar-refractivity contribution in [1.82, 2.24) is 4.90 Å². The number of hydrogen-bond donors (Lipinski definition) is 1. The molecule has 3 fully saturated rings. The molecule has 0 spiro atoms. The van der Waals surface area contributed by atoms with Crippen LogP contribution in [-0.4, -0.2) is 30.1 Å². The molecule has 2 heteroatoms. The molecule has 3 rings (SSSR count). The van der Waals surface area contributed by atoms with Crippen molar-refractivity contribution in [2.75, 3.05) is 13.1 Å². The summed E-state index contributed by atoms with van der Waals surface area (Å²) in [5, 5.41) is 0. The Morgan fingerprint density at radius 2 is 1.74 bits per heavy atom. The van der Waals surface area contributed by atoms with E-state index < -0.39 is 0 Å². The largest absolute Gasteiger partial charge is 0.330 e. The van der Waals surface area contributed by atoms with Crippen molar-refractivity contribution in [2.24, 2.45) is 23.5 Å². The lowest BCUT2D eigenvalue weighted by Gasteiger charge is -2.42. The molecule has 4 atom stereocenters. The third-order valence-corrected chi connectivity index (χ3v) is 6.16. The van der Waals surface area contributed by atoms with Gasteiger partial charge in [-0.3, -0.25) is 4.90 Å². The minimum Gasteiger partial charge on any atom is -0.330 e. The molecule has 3 saturated carbocycles. The van der Waals surface area contributed by atoms with Crippen LogP contribution in [0.2, 0.25) is 0 Å². The summed E-state index contributed by atoms with van der Waals surface area (Å²) in [4.78, 5) is 2.86. The van der Waals surface area contributed by atoms with Gasteiger partial charge in [-0.25, -0.2) is 0 Å². The zero-order valence-electron chi connectivity index (χ0n) is 12.7. The molecule has 3 aliphatic carbocycles. The van der Waals surface area contributed by atoms with Crippen LogP contribution in [0.3, 0.4) is 0 Å². The Kier molecular flexibility index (Phi) is 4.48. The van der Waals surface area contributed by atoms with Crippen LogP contribution in [0.1, 0.15) is 64.7 Å². The standard InChI is InChI=1S/C17H32N2/c1-2-19(17-8-4-6-15(17)12-18)16-7-3-5-14(11-16)13-9-10-13/h13-17H,2-12,18H2,1H3. The van der Waals surface area contributed by atoms with Gasteiger partial charge in [0.15, 0.2) is 0 Å². The van der Waals surface area contributed by atoms with E-state index in [9.17, 15) is 0 Å². The highest BCUT2D eigenvalue weighted by atomic mass is 15.2. The van der Waals surface area contributed by atoms with Gasteiger partial charge in [0.25, 0.3) is 0 Å². The van der Waals surface area contributed by atoms with Crippen LogP contribution in [0.15, 0.2) is 0 Å². The third-order valence-electron chi connectivity index (χ3n) is 6.16. The van der Waals surface area contributed by atoms with E-state index >= 15 is 0 Å². The number of rotatable bonds is 5. The van der Waals surface area contributed by atoms with Crippen molar-refractivity contribution in [2.45, 2.75) is 76.8 Å². The molecule has 110 valence electrons. The van der Waals surface area contributed by atoms with Gasteiger partial charge in [0.2, 0.25) is 0 Å². The zero-order chi connectivity index (χ0) is 13.2. The molecule has 0 saturated heterocycles. The van der Waals surface area contributed by atoms with Crippen LogP contribution < -0.4 is 5.73 Å². The summed E-state index contributed by atoms with van der Waals surface area (Å²) in [5.41, 5.74) is 6.01. The van der Waals surface area contributed by atoms with Gasteiger partial charge in [0.1, 0.15) is 0 Å². The van der Waals surface area contributed by atoms with E-state index in [1.165, 1.54) is 64.3 Å². The summed E-state index contributed by atoms with van der Waals surface area (Å²) >= 11 is 0. The van der Waals surface area contributed by atoms with Crippen molar-refractivity contribution in [3.8, 4) is 0 Å². The Bertz CT molecular complexity index is 287. The average Bonchev–Trinajstić information content (AvgIpc) is 3.20. The first-order valence-corrected chi connectivity index (χ1v) is 8.79. The Labute approximate surface area is 119 Å². The SMILES string of the molecule is CCN(C1CCCC(C2CC2)C1)C1CCCC1CN. The van der Waals surface area contributed by atoms with E-state index in [1.807, 2.05) is 0 Å². The first-order chi connectivity index (χ1) is 9.33. The molecule has 2 N–H and O–H groups in total. The molecule has 0 aliphatic heterocycles. The summed E-state index contributed by atoms with van der Waals surface area (Å²) < 4.78 is 0. The molecule has 2 nitrogen and oxygen atoms in total. The molecule has 0 aromatic heterocycles. The van der Waals surface area contributed by atoms with Crippen molar-refractivity contribution >= 4 is 0 Å². The van der Waals surface area contributed by atoms with Crippen LogP contribution in [0.5, 0.6) is 0 Å². The second kappa shape index (κ2) is 6.13. The van der Waals surface area contributed by atoms with E-state index in [4.69, 9.17) is 5.73 Å². The van der Waals surface area contributed by atoms with Gasteiger partial charge in [-0.1, -0.05) is 26.2 Å². The second-order valence-corrected chi connectivity index (χ2v) is 7.24. The Hall–Kier alpha value is -0.0800. The Morgan fingerprint density at radius 3 is 2.42 bits per heavy atom. The molecule has 0 aromatic carbocycles. The number of nitrogens with zero attached hydrogens (tertiary/aromatic N) is 1. The quantitative estimate of drug-likeness (QED) is 0.824. The minimum atomic E-state index is 0.779. The van der Waals surface area contributed by atoms with Crippen molar-refractivity contribution in [1.29, 1.82) is 0 Å². The summed E-state index contributed by atoms with van der Waals surface area (Å²) in [7, 11) is 0. The van der Waals surface area contributed by atoms with Crippen molar-refractivity contribution < 1.29 is 0 Å². The van der Waals surface area contributed by atoms with E-state index in [1.54, 1.807) is 0 Å². The summed E-state index contributed by atoms with van der Waals surface area (Å²) in [5.74, 6) is 2.95. The van der Waals surface area contributed by atoms with Gasteiger partial charge in [0, 0.05) is 12.1 Å². The van der Waals surface area contributed by atoms with Crippen molar-refractivity contribution in [3.63, 3.8) is 0 Å². The number of nitrogens with two attached hydrogens (primary N) is 1. The maximum atomic E-state index is 6.01. The molecule has 0 radical (unpaired) electrons. The first-order valence-electron chi connectivity index (χ1n) is 8.79. The molecule has 3 aliphatic rings. The van der Waals surface area contributed by atoms with Gasteiger partial charge < -0.3 is 5.73 Å². The van der Waals surface area contributed by atoms with Gasteiger partial charge in [-0.05, 0) is 69.4 Å². The van der Waals surface area contributed by atoms with E-state index in [0.717, 1.165) is 36.4 Å². The maximum absolute atomic E-state index is 6.01. The second-order valence-electron chi connectivity index (χ2n) is 7.24. The number of hydrogen-bond acceptors (Lipinski definition) is 2. The smallest absolute Gasteiger partial charge is 0.0138 e. The highest BCUT2D eigenvalue weighted by Crippen LogP contribution is 2.45. The fourth-order valence-corrected chi connectivity index (χ4v) is 4.99. The lowest BCUT2D eigenvalue weighted by Crippen LogP contribution is -2.48. The van der Waals surface area contributed by atoms with Gasteiger partial charge in [-0.2, -0.15) is 0 Å². The van der Waals surface area contributed by atoms with Crippen LogP contribution in [0.25, 0.3) is 0 Å². The third kappa shape index (κ3) is 3.00. The van der Waals surface area contributed by atoms with Gasteiger partial charge in [-0.15, -0.1) is 0 Å². The topological polar surface area (TPSA) is 29.3 Å². The molecule has 19 heavy (non-hydrogen) atoms. The minimum absolute atomic E-state index is 0.779. The molecule has 0 bridgehead atoms. The summed E-state index contributed by atoms with van der Waals surface area (Å²) in [6, 6.07) is 1.68. The van der Waals surface area contributed by atoms with Crippen LogP contribution in [0, 0.1) is 17.8 Å². The fraction of sp³-hybridized carbons (Fsp3) is 1.00. The molecular formula is C17H32N2. The Morgan fingerprint density at radius 1 is 0.947 bits per heavy atom. The fourth-order valence-electron chi connectivity index (χ4n) is 4.99. The zero-order valence-corrected chi connectivity index (χ0v) is 12.7. The molecular weight excluding hydrogens is 232 g/mol. The van der Waals surface area contributed by atoms with E-state index in [2.05, 4.69) is 11.8 Å². The van der Waals surface area contributed by atoms with E-state index in [0.29, 0.717) is 0 Å². The van der Waals surface area contributed by atoms with Crippen LogP contribution >= 0.6 is 0 Å². The van der Waals surface area contributed by atoms with Crippen molar-refractivity contribution in [3.05, 3.63) is 0 Å². The lowest BCUT2D eigenvalue weighted by atomic mass is 9.81. The van der Waals surface area contributed by atoms with Gasteiger partial charge >= 0.3 is 0 Å². The normalized spacial score (nSPS) is 39.9. The average molecular weight is 264 g/mol. The monoisotopic (exact) mass is 264 g/mol. The van der Waals surface area contributed by atoms with E-state index in [-0.39, 0.29) is 0 Å². The predicted molar refractivity (Wildman–Crippen MR) is 81.0 cm³/mol. The first kappa shape index (κ1) is 13.9. The maximum Gasteiger partial charge on any atom is 0.0138 e. The van der Waals surface area contributed by atoms with Crippen LogP contribution in [-0.2, 0) is 0 Å². The highest BCUT2D eigenvalue weighted by Gasteiger charge is 2.39. The summed E-state index contributed by atoms with van der Waals surface area (Å²) in [6.45, 7) is 4.51. The summed E-state index contributed by atoms with van der Waals surface area (Å²) in [6.07, 6.45) is 13.2. The molecule has 0 heterocycles. The predicted octanol–water partition coefficient (Wildman–Crippen LogP) is 3.40. The van der Waals surface area contributed by atoms with Crippen LogP contribution in [0.4, 0.5) is 0 Å². The molecule has 4 unspecified atom stereocenters. The lowest BCUT2D eigenvalue weighted by molar-refractivity contribution is 0.0692. The highest BCUT2D eigenvalue weighted by molar-refractivity contribution is 4.93. The molecule has 0 aromatic rings. The van der Waals surface area contributed by atoms with Gasteiger partial charge in [0.05, 0.1) is 0 Å².